The lowest BCUT2D eigenvalue weighted by Crippen LogP contribution is -2.29. The van der Waals surface area contributed by atoms with E-state index in [-0.39, 0.29) is 23.8 Å². The Kier molecular flexibility index (Phi) is 6.69. The topological polar surface area (TPSA) is 79.7 Å². The van der Waals surface area contributed by atoms with Crippen LogP contribution in [-0.2, 0) is 16.1 Å². The van der Waals surface area contributed by atoms with Crippen molar-refractivity contribution in [3.05, 3.63) is 100 Å². The lowest BCUT2D eigenvalue weighted by Gasteiger charge is -2.25. The molecule has 0 spiro atoms. The first-order chi connectivity index (χ1) is 16.7. The van der Waals surface area contributed by atoms with Crippen LogP contribution in [0.1, 0.15) is 53.8 Å². The van der Waals surface area contributed by atoms with Gasteiger partial charge in [-0.15, -0.1) is 0 Å². The van der Waals surface area contributed by atoms with Crippen LogP contribution in [0.2, 0.25) is 0 Å². The molecule has 35 heavy (non-hydrogen) atoms. The van der Waals surface area contributed by atoms with Crippen molar-refractivity contribution in [3.63, 3.8) is 0 Å². The zero-order chi connectivity index (χ0) is 25.3. The van der Waals surface area contributed by atoms with Gasteiger partial charge in [-0.25, -0.2) is 4.39 Å². The largest absolute Gasteiger partial charge is 0.507 e. The van der Waals surface area contributed by atoms with Crippen LogP contribution < -0.4 is 4.74 Å². The van der Waals surface area contributed by atoms with Crippen molar-refractivity contribution < 1.29 is 23.8 Å². The number of benzene rings is 2. The molecule has 180 valence electrons. The SMILES string of the molecule is COc1cc(C)c(/C(O)=C2\C(=O)C(=O)N(Cc3ccccn3)C2c2ccc(F)cc2)cc1C(C)C. The molecule has 1 unspecified atom stereocenters. The Hall–Kier alpha value is -4.00. The fraction of sp³-hybridized carbons (Fsp3) is 0.250. The van der Waals surface area contributed by atoms with Gasteiger partial charge in [0.25, 0.3) is 11.7 Å². The molecule has 7 heteroatoms. The molecule has 1 amide bonds. The molecule has 1 saturated heterocycles. The number of halogens is 1. The number of aliphatic hydroxyl groups excluding tert-OH is 1. The summed E-state index contributed by atoms with van der Waals surface area (Å²) < 4.78 is 19.2. The molecule has 1 aliphatic heterocycles. The van der Waals surface area contributed by atoms with Crippen LogP contribution in [0, 0.1) is 12.7 Å². The number of hydrogen-bond donors (Lipinski definition) is 1. The van der Waals surface area contributed by atoms with Gasteiger partial charge in [0, 0.05) is 11.8 Å². The van der Waals surface area contributed by atoms with E-state index in [0.717, 1.165) is 5.56 Å². The number of aromatic nitrogens is 1. The van der Waals surface area contributed by atoms with Crippen LogP contribution in [0.3, 0.4) is 0 Å². The average molecular weight is 475 g/mol. The quantitative estimate of drug-likeness (QED) is 0.299. The second kappa shape index (κ2) is 9.70. The molecule has 4 rings (SSSR count). The first-order valence-corrected chi connectivity index (χ1v) is 11.4. The molecule has 0 saturated carbocycles. The predicted octanol–water partition coefficient (Wildman–Crippen LogP) is 5.28. The number of hydrogen-bond acceptors (Lipinski definition) is 5. The van der Waals surface area contributed by atoms with Crippen LogP contribution >= 0.6 is 0 Å². The lowest BCUT2D eigenvalue weighted by atomic mass is 9.91. The van der Waals surface area contributed by atoms with Crippen molar-refractivity contribution in [2.24, 2.45) is 0 Å². The maximum Gasteiger partial charge on any atom is 0.296 e. The second-order valence-electron chi connectivity index (χ2n) is 8.86. The Morgan fingerprint density at radius 2 is 1.86 bits per heavy atom. The number of amides is 1. The summed E-state index contributed by atoms with van der Waals surface area (Å²) in [5, 5.41) is 11.5. The summed E-state index contributed by atoms with van der Waals surface area (Å²) in [7, 11) is 1.58. The number of methoxy groups -OCH3 is 1. The van der Waals surface area contributed by atoms with Gasteiger partial charge in [-0.2, -0.15) is 0 Å². The number of pyridine rings is 1. The summed E-state index contributed by atoms with van der Waals surface area (Å²) in [5.41, 5.74) is 3.05. The Morgan fingerprint density at radius 3 is 2.46 bits per heavy atom. The minimum absolute atomic E-state index is 0.0412. The van der Waals surface area contributed by atoms with Gasteiger partial charge in [0.2, 0.25) is 0 Å². The van der Waals surface area contributed by atoms with Gasteiger partial charge in [-0.05, 0) is 65.9 Å². The van der Waals surface area contributed by atoms with E-state index in [1.807, 2.05) is 13.8 Å². The van der Waals surface area contributed by atoms with Crippen molar-refractivity contribution in [2.75, 3.05) is 7.11 Å². The first kappa shape index (κ1) is 24.1. The van der Waals surface area contributed by atoms with Crippen LogP contribution in [0.15, 0.2) is 66.4 Å². The lowest BCUT2D eigenvalue weighted by molar-refractivity contribution is -0.140. The summed E-state index contributed by atoms with van der Waals surface area (Å²) in [6.07, 6.45) is 1.60. The highest BCUT2D eigenvalue weighted by Crippen LogP contribution is 2.42. The van der Waals surface area contributed by atoms with Crippen molar-refractivity contribution in [1.82, 2.24) is 9.88 Å². The van der Waals surface area contributed by atoms with E-state index >= 15 is 0 Å². The molecule has 0 aliphatic carbocycles. The van der Waals surface area contributed by atoms with Gasteiger partial charge in [-0.1, -0.05) is 32.0 Å². The van der Waals surface area contributed by atoms with E-state index < -0.39 is 23.5 Å². The Morgan fingerprint density at radius 1 is 1.14 bits per heavy atom. The second-order valence-corrected chi connectivity index (χ2v) is 8.86. The number of nitrogens with zero attached hydrogens (tertiary/aromatic N) is 2. The molecular formula is C28H27FN2O4. The zero-order valence-electron chi connectivity index (χ0n) is 20.1. The Balaban J connectivity index is 1.91. The Labute approximate surface area is 203 Å². The fourth-order valence-corrected chi connectivity index (χ4v) is 4.43. The number of carbonyl (C=O) groups excluding carboxylic acids is 2. The molecule has 0 bridgehead atoms. The molecular weight excluding hydrogens is 447 g/mol. The molecule has 1 N–H and O–H groups in total. The maximum absolute atomic E-state index is 13.7. The minimum Gasteiger partial charge on any atom is -0.507 e. The number of ketones is 1. The van der Waals surface area contributed by atoms with E-state index in [0.29, 0.717) is 28.1 Å². The fourth-order valence-electron chi connectivity index (χ4n) is 4.43. The molecule has 1 atom stereocenters. The summed E-state index contributed by atoms with van der Waals surface area (Å²) in [4.78, 5) is 32.1. The van der Waals surface area contributed by atoms with Crippen molar-refractivity contribution in [2.45, 2.75) is 39.3 Å². The number of likely N-dealkylation sites (tertiary alicyclic amines) is 1. The molecule has 1 fully saturated rings. The molecule has 2 aromatic carbocycles. The number of aliphatic hydroxyl groups is 1. The standard InChI is InChI=1S/C28H27FN2O4/c1-16(2)21-14-22(17(3)13-23(21)35-4)26(32)24-25(18-8-10-19(29)11-9-18)31(28(34)27(24)33)15-20-7-5-6-12-30-20/h5-14,16,25,32H,15H2,1-4H3/b26-24+. The van der Waals surface area contributed by atoms with Crippen LogP contribution in [0.4, 0.5) is 4.39 Å². The number of aryl methyl sites for hydroxylation is 1. The number of rotatable bonds is 6. The van der Waals surface area contributed by atoms with E-state index in [2.05, 4.69) is 4.98 Å². The summed E-state index contributed by atoms with van der Waals surface area (Å²) >= 11 is 0. The highest BCUT2D eigenvalue weighted by molar-refractivity contribution is 6.46. The van der Waals surface area contributed by atoms with E-state index in [1.165, 1.54) is 29.2 Å². The van der Waals surface area contributed by atoms with E-state index in [1.54, 1.807) is 50.6 Å². The smallest absolute Gasteiger partial charge is 0.296 e. The van der Waals surface area contributed by atoms with Gasteiger partial charge >= 0.3 is 0 Å². The van der Waals surface area contributed by atoms with Crippen molar-refractivity contribution >= 4 is 17.4 Å². The third kappa shape index (κ3) is 4.54. The third-order valence-electron chi connectivity index (χ3n) is 6.24. The van der Waals surface area contributed by atoms with Gasteiger partial charge in [0.05, 0.1) is 31.0 Å². The van der Waals surface area contributed by atoms with Gasteiger partial charge in [0.15, 0.2) is 0 Å². The molecule has 3 aromatic rings. The molecule has 6 nitrogen and oxygen atoms in total. The van der Waals surface area contributed by atoms with E-state index in [4.69, 9.17) is 4.74 Å². The monoisotopic (exact) mass is 474 g/mol. The Bertz CT molecular complexity index is 1300. The van der Waals surface area contributed by atoms with Crippen LogP contribution in [0.5, 0.6) is 5.75 Å². The van der Waals surface area contributed by atoms with E-state index in [9.17, 15) is 19.1 Å². The minimum atomic E-state index is -0.901. The summed E-state index contributed by atoms with van der Waals surface area (Å²) in [6, 6.07) is 13.6. The van der Waals surface area contributed by atoms with Gasteiger partial charge in [0.1, 0.15) is 17.3 Å². The molecule has 0 radical (unpaired) electrons. The summed E-state index contributed by atoms with van der Waals surface area (Å²) in [5.74, 6) is -1.49. The molecule has 1 aliphatic rings. The number of ether oxygens (including phenoxy) is 1. The van der Waals surface area contributed by atoms with Crippen LogP contribution in [-0.4, -0.2) is 33.8 Å². The highest BCUT2D eigenvalue weighted by Gasteiger charge is 2.46. The zero-order valence-corrected chi connectivity index (χ0v) is 20.1. The number of carbonyl (C=O) groups is 2. The van der Waals surface area contributed by atoms with Gasteiger partial charge < -0.3 is 14.7 Å². The van der Waals surface area contributed by atoms with Crippen molar-refractivity contribution in [1.29, 1.82) is 0 Å². The van der Waals surface area contributed by atoms with Crippen molar-refractivity contribution in [3.8, 4) is 5.75 Å². The highest BCUT2D eigenvalue weighted by atomic mass is 19.1. The maximum atomic E-state index is 13.7. The average Bonchev–Trinajstić information content (AvgIpc) is 3.09. The van der Waals surface area contributed by atoms with Gasteiger partial charge in [-0.3, -0.25) is 14.6 Å². The molecule has 2 heterocycles. The number of Topliss-reactive ketones (excluding diaryl/α,β-unsaturated/α-hetero) is 1. The predicted molar refractivity (Wildman–Crippen MR) is 130 cm³/mol. The third-order valence-corrected chi connectivity index (χ3v) is 6.24. The normalized spacial score (nSPS) is 17.3. The summed E-state index contributed by atoms with van der Waals surface area (Å²) in [6.45, 7) is 5.87. The van der Waals surface area contributed by atoms with Crippen LogP contribution in [0.25, 0.3) is 5.76 Å². The molecule has 1 aromatic heterocycles. The first-order valence-electron chi connectivity index (χ1n) is 11.4.